The minimum atomic E-state index is -0.830. The average molecular weight is 243 g/mol. The lowest BCUT2D eigenvalue weighted by atomic mass is 9.74. The zero-order chi connectivity index (χ0) is 12.9. The van der Waals surface area contributed by atoms with E-state index in [1.54, 1.807) is 0 Å². The maximum absolute atomic E-state index is 11.6. The molecule has 0 heterocycles. The molecule has 1 fully saturated rings. The molecule has 0 aromatic rings. The first-order chi connectivity index (χ1) is 7.99. The van der Waals surface area contributed by atoms with Gasteiger partial charge in [-0.1, -0.05) is 12.8 Å². The Kier molecular flexibility index (Phi) is 4.93. The van der Waals surface area contributed by atoms with Crippen LogP contribution in [0.15, 0.2) is 0 Å². The van der Waals surface area contributed by atoms with Gasteiger partial charge in [0.2, 0.25) is 5.91 Å². The number of nitrogens with one attached hydrogen (secondary N) is 1. The van der Waals surface area contributed by atoms with Gasteiger partial charge in [-0.3, -0.25) is 9.59 Å². The summed E-state index contributed by atoms with van der Waals surface area (Å²) < 4.78 is 5.02. The van der Waals surface area contributed by atoms with E-state index in [4.69, 9.17) is 4.74 Å². The Morgan fingerprint density at radius 1 is 1.47 bits per heavy atom. The van der Waals surface area contributed by atoms with Gasteiger partial charge < -0.3 is 15.2 Å². The van der Waals surface area contributed by atoms with E-state index >= 15 is 0 Å². The van der Waals surface area contributed by atoms with Crippen molar-refractivity contribution in [2.45, 2.75) is 45.1 Å². The molecule has 2 atom stereocenters. The maximum Gasteiger partial charge on any atom is 0.308 e. The predicted molar refractivity (Wildman–Crippen MR) is 62.6 cm³/mol. The van der Waals surface area contributed by atoms with Gasteiger partial charge in [-0.25, -0.2) is 0 Å². The van der Waals surface area contributed by atoms with E-state index in [2.05, 4.69) is 5.32 Å². The summed E-state index contributed by atoms with van der Waals surface area (Å²) in [6, 6.07) is 0. The average Bonchev–Trinajstić information content (AvgIpc) is 2.26. The second-order valence-corrected chi connectivity index (χ2v) is 4.74. The smallest absolute Gasteiger partial charge is 0.308 e. The first-order valence-electron chi connectivity index (χ1n) is 6.11. The fraction of sp³-hybridized carbons (Fsp3) is 0.833. The van der Waals surface area contributed by atoms with E-state index in [0.29, 0.717) is 19.4 Å². The number of amides is 1. The van der Waals surface area contributed by atoms with Crippen molar-refractivity contribution >= 4 is 11.9 Å². The summed E-state index contributed by atoms with van der Waals surface area (Å²) in [5.41, 5.74) is -0.641. The van der Waals surface area contributed by atoms with Crippen LogP contribution in [0.25, 0.3) is 0 Å². The van der Waals surface area contributed by atoms with Gasteiger partial charge in [0.15, 0.2) is 0 Å². The number of carbonyl (C=O) groups is 2. The second kappa shape index (κ2) is 6.00. The normalized spacial score (nSPS) is 28.7. The molecule has 0 bridgehead atoms. The minimum absolute atomic E-state index is 0.00156. The van der Waals surface area contributed by atoms with Crippen molar-refractivity contribution < 1.29 is 19.4 Å². The molecule has 0 aliphatic heterocycles. The summed E-state index contributed by atoms with van der Waals surface area (Å²) in [5, 5.41) is 12.0. The van der Waals surface area contributed by atoms with E-state index in [1.807, 2.05) is 13.8 Å². The van der Waals surface area contributed by atoms with Crippen LogP contribution >= 0.6 is 0 Å². The summed E-state index contributed by atoms with van der Waals surface area (Å²) in [6.45, 7) is 4.11. The molecule has 17 heavy (non-hydrogen) atoms. The van der Waals surface area contributed by atoms with Crippen LogP contribution in [0.4, 0.5) is 0 Å². The number of aliphatic carboxylic acids is 1. The van der Waals surface area contributed by atoms with Gasteiger partial charge in [-0.05, 0) is 26.7 Å². The number of carbonyl (C=O) groups excluding carboxylic acids is 1. The van der Waals surface area contributed by atoms with Gasteiger partial charge in [0.05, 0.1) is 11.5 Å². The van der Waals surface area contributed by atoms with Crippen LogP contribution < -0.4 is 5.32 Å². The van der Waals surface area contributed by atoms with Crippen LogP contribution in [0.3, 0.4) is 0 Å². The molecule has 2 unspecified atom stereocenters. The van der Waals surface area contributed by atoms with Crippen LogP contribution in [-0.4, -0.2) is 35.7 Å². The molecule has 1 aliphatic rings. The van der Waals surface area contributed by atoms with Crippen LogP contribution in [0, 0.1) is 5.92 Å². The van der Waals surface area contributed by atoms with Crippen molar-refractivity contribution in [3.05, 3.63) is 0 Å². The summed E-state index contributed by atoms with van der Waals surface area (Å²) in [7, 11) is 0. The third kappa shape index (κ3) is 3.70. The van der Waals surface area contributed by atoms with Gasteiger partial charge in [0.25, 0.3) is 0 Å². The number of ether oxygens (including phenoxy) is 1. The third-order valence-electron chi connectivity index (χ3n) is 3.37. The van der Waals surface area contributed by atoms with Gasteiger partial charge in [-0.15, -0.1) is 0 Å². The minimum Gasteiger partial charge on any atom is -0.481 e. The molecule has 0 spiro atoms. The SMILES string of the molecule is CCOCC(=O)NC1(C)CCCCC1C(=O)O. The standard InChI is InChI=1S/C12H21NO4/c1-3-17-8-10(14)13-12(2)7-5-4-6-9(12)11(15)16/h9H,3-8H2,1-2H3,(H,13,14)(H,15,16). The number of rotatable bonds is 5. The zero-order valence-electron chi connectivity index (χ0n) is 10.5. The lowest BCUT2D eigenvalue weighted by Crippen LogP contribution is -2.56. The first-order valence-corrected chi connectivity index (χ1v) is 6.11. The monoisotopic (exact) mass is 243 g/mol. The van der Waals surface area contributed by atoms with Crippen molar-refractivity contribution in [3.63, 3.8) is 0 Å². The molecule has 1 aliphatic carbocycles. The van der Waals surface area contributed by atoms with Gasteiger partial charge in [-0.2, -0.15) is 0 Å². The summed E-state index contributed by atoms with van der Waals surface area (Å²) in [4.78, 5) is 22.8. The molecule has 1 saturated carbocycles. The van der Waals surface area contributed by atoms with E-state index in [-0.39, 0.29) is 12.5 Å². The highest BCUT2D eigenvalue weighted by Crippen LogP contribution is 2.33. The summed E-state index contributed by atoms with van der Waals surface area (Å²) >= 11 is 0. The second-order valence-electron chi connectivity index (χ2n) is 4.74. The Labute approximate surface area is 102 Å². The Morgan fingerprint density at radius 2 is 2.18 bits per heavy atom. The van der Waals surface area contributed by atoms with E-state index in [1.165, 1.54) is 0 Å². The number of hydrogen-bond acceptors (Lipinski definition) is 3. The summed E-state index contributed by atoms with van der Waals surface area (Å²) in [6.07, 6.45) is 3.20. The van der Waals surface area contributed by atoms with E-state index in [9.17, 15) is 14.7 Å². The first kappa shape index (κ1) is 14.0. The molecular formula is C12H21NO4. The number of carboxylic acid groups (broad SMARTS) is 1. The lowest BCUT2D eigenvalue weighted by molar-refractivity contribution is -0.147. The topological polar surface area (TPSA) is 75.6 Å². The Hall–Kier alpha value is -1.10. The fourth-order valence-corrected chi connectivity index (χ4v) is 2.43. The van der Waals surface area contributed by atoms with Crippen molar-refractivity contribution in [2.24, 2.45) is 5.92 Å². The molecule has 1 amide bonds. The molecule has 5 nitrogen and oxygen atoms in total. The molecule has 98 valence electrons. The van der Waals surface area contributed by atoms with Crippen molar-refractivity contribution in [3.8, 4) is 0 Å². The molecule has 0 aromatic heterocycles. The maximum atomic E-state index is 11.6. The third-order valence-corrected chi connectivity index (χ3v) is 3.37. The Morgan fingerprint density at radius 3 is 2.76 bits per heavy atom. The van der Waals surface area contributed by atoms with Crippen LogP contribution in [0.5, 0.6) is 0 Å². The lowest BCUT2D eigenvalue weighted by Gasteiger charge is -2.39. The van der Waals surface area contributed by atoms with E-state index in [0.717, 1.165) is 12.8 Å². The van der Waals surface area contributed by atoms with Gasteiger partial charge in [0, 0.05) is 6.61 Å². The van der Waals surface area contributed by atoms with Gasteiger partial charge in [0.1, 0.15) is 6.61 Å². The van der Waals surface area contributed by atoms with Crippen LogP contribution in [0.2, 0.25) is 0 Å². The number of carboxylic acids is 1. The highest BCUT2D eigenvalue weighted by Gasteiger charge is 2.42. The van der Waals surface area contributed by atoms with Crippen molar-refractivity contribution in [2.75, 3.05) is 13.2 Å². The molecular weight excluding hydrogens is 222 g/mol. The molecule has 0 radical (unpaired) electrons. The highest BCUT2D eigenvalue weighted by atomic mass is 16.5. The van der Waals surface area contributed by atoms with Crippen molar-refractivity contribution in [1.29, 1.82) is 0 Å². The van der Waals surface area contributed by atoms with Crippen LogP contribution in [-0.2, 0) is 14.3 Å². The van der Waals surface area contributed by atoms with Crippen molar-refractivity contribution in [1.82, 2.24) is 5.32 Å². The quantitative estimate of drug-likeness (QED) is 0.760. The molecule has 0 saturated heterocycles. The largest absolute Gasteiger partial charge is 0.481 e. The number of hydrogen-bond donors (Lipinski definition) is 2. The Balaban J connectivity index is 2.62. The van der Waals surface area contributed by atoms with Crippen LogP contribution in [0.1, 0.15) is 39.5 Å². The molecule has 1 rings (SSSR count). The predicted octanol–water partition coefficient (Wildman–Crippen LogP) is 1.17. The molecule has 2 N–H and O–H groups in total. The molecule has 0 aromatic carbocycles. The molecule has 5 heteroatoms. The van der Waals surface area contributed by atoms with Gasteiger partial charge >= 0.3 is 5.97 Å². The Bertz CT molecular complexity index is 292. The highest BCUT2D eigenvalue weighted by molar-refractivity contribution is 5.80. The summed E-state index contributed by atoms with van der Waals surface area (Å²) in [5.74, 6) is -1.56. The zero-order valence-corrected chi connectivity index (χ0v) is 10.5. The fourth-order valence-electron chi connectivity index (χ4n) is 2.43. The van der Waals surface area contributed by atoms with E-state index < -0.39 is 17.4 Å².